The molecule has 1 saturated heterocycles. The van der Waals surface area contributed by atoms with Gasteiger partial charge in [-0.15, -0.1) is 0 Å². The predicted molar refractivity (Wildman–Crippen MR) is 66.2 cm³/mol. The molecule has 5 nitrogen and oxygen atoms in total. The molecular weight excluding hydrogens is 242 g/mol. The van der Waals surface area contributed by atoms with E-state index in [9.17, 15) is 9.59 Å². The van der Waals surface area contributed by atoms with E-state index < -0.39 is 11.5 Å². The fraction of sp³-hybridized carbons (Fsp3) is 0.818. The van der Waals surface area contributed by atoms with Crippen molar-refractivity contribution in [2.24, 2.45) is 0 Å². The molecule has 6 heteroatoms. The van der Waals surface area contributed by atoms with Crippen LogP contribution >= 0.6 is 11.8 Å². The van der Waals surface area contributed by atoms with Gasteiger partial charge in [0.1, 0.15) is 5.54 Å². The maximum Gasteiger partial charge on any atom is 0.330 e. The van der Waals surface area contributed by atoms with Crippen LogP contribution in [0, 0.1) is 0 Å². The Bertz CT molecular complexity index is 277. The number of hydrogen-bond donors (Lipinski definition) is 2. The van der Waals surface area contributed by atoms with Crippen LogP contribution in [-0.2, 0) is 14.3 Å². The van der Waals surface area contributed by atoms with Gasteiger partial charge in [-0.2, -0.15) is 11.8 Å². The maximum absolute atomic E-state index is 11.6. The summed E-state index contributed by atoms with van der Waals surface area (Å²) >= 11 is 1.56. The number of carboxylic acid groups (broad SMARTS) is 1. The third-order valence-electron chi connectivity index (χ3n) is 2.71. The quantitative estimate of drug-likeness (QED) is 0.665. The Hall–Kier alpha value is -0.750. The van der Waals surface area contributed by atoms with Gasteiger partial charge in [0.15, 0.2) is 0 Å². The number of ether oxygens (including phenoxy) is 1. The van der Waals surface area contributed by atoms with Crippen LogP contribution in [0.1, 0.15) is 26.2 Å². The van der Waals surface area contributed by atoms with Gasteiger partial charge in [-0.05, 0) is 25.5 Å². The van der Waals surface area contributed by atoms with Crippen molar-refractivity contribution in [3.05, 3.63) is 0 Å². The number of carbonyl (C=O) groups excluding carboxylic acids is 1. The van der Waals surface area contributed by atoms with Crippen LogP contribution in [0.4, 0.5) is 0 Å². The Kier molecular flexibility index (Phi) is 5.77. The zero-order chi connectivity index (χ0) is 12.7. The summed E-state index contributed by atoms with van der Waals surface area (Å²) in [6, 6.07) is 0. The highest BCUT2D eigenvalue weighted by molar-refractivity contribution is 7.99. The average molecular weight is 261 g/mol. The first-order chi connectivity index (χ1) is 8.10. The summed E-state index contributed by atoms with van der Waals surface area (Å²) in [6.45, 7) is 3.07. The fourth-order valence-corrected chi connectivity index (χ4v) is 3.02. The van der Waals surface area contributed by atoms with Crippen molar-refractivity contribution >= 4 is 23.6 Å². The lowest BCUT2D eigenvalue weighted by molar-refractivity contribution is -0.146. The van der Waals surface area contributed by atoms with E-state index in [1.165, 1.54) is 0 Å². The largest absolute Gasteiger partial charge is 0.479 e. The first-order valence-corrected chi connectivity index (χ1v) is 6.96. The van der Waals surface area contributed by atoms with Crippen molar-refractivity contribution < 1.29 is 19.4 Å². The molecule has 0 aromatic heterocycles. The fourth-order valence-electron chi connectivity index (χ4n) is 1.69. The van der Waals surface area contributed by atoms with Gasteiger partial charge in [-0.3, -0.25) is 4.79 Å². The van der Waals surface area contributed by atoms with E-state index >= 15 is 0 Å². The SMILES string of the molecule is CCOCCCC(=O)NC1(C(=O)O)CCSC1. The van der Waals surface area contributed by atoms with Crippen LogP contribution in [0.15, 0.2) is 0 Å². The molecule has 0 aromatic rings. The smallest absolute Gasteiger partial charge is 0.330 e. The molecule has 0 radical (unpaired) electrons. The molecular formula is C11H19NO4S. The molecule has 2 N–H and O–H groups in total. The Morgan fingerprint density at radius 3 is 2.82 bits per heavy atom. The zero-order valence-corrected chi connectivity index (χ0v) is 10.8. The van der Waals surface area contributed by atoms with Crippen molar-refractivity contribution in [1.29, 1.82) is 0 Å². The van der Waals surface area contributed by atoms with Gasteiger partial charge in [-0.25, -0.2) is 4.79 Å². The number of carboxylic acids is 1. The second kappa shape index (κ2) is 6.86. The summed E-state index contributed by atoms with van der Waals surface area (Å²) < 4.78 is 5.13. The van der Waals surface area contributed by atoms with Crippen LogP contribution < -0.4 is 5.32 Å². The van der Waals surface area contributed by atoms with Gasteiger partial charge in [0, 0.05) is 25.4 Å². The molecule has 1 heterocycles. The van der Waals surface area contributed by atoms with E-state index in [2.05, 4.69) is 5.32 Å². The van der Waals surface area contributed by atoms with Crippen LogP contribution in [0.2, 0.25) is 0 Å². The van der Waals surface area contributed by atoms with E-state index in [0.29, 0.717) is 38.2 Å². The third kappa shape index (κ3) is 4.20. The predicted octanol–water partition coefficient (Wildman–Crippen LogP) is 0.880. The molecule has 0 bridgehead atoms. The summed E-state index contributed by atoms with van der Waals surface area (Å²) in [7, 11) is 0. The number of amides is 1. The molecule has 1 atom stereocenters. The molecule has 0 saturated carbocycles. The molecule has 1 aliphatic rings. The van der Waals surface area contributed by atoms with Crippen molar-refractivity contribution in [1.82, 2.24) is 5.32 Å². The number of aliphatic carboxylic acids is 1. The molecule has 98 valence electrons. The molecule has 1 rings (SSSR count). The lowest BCUT2D eigenvalue weighted by Crippen LogP contribution is -2.54. The normalized spacial score (nSPS) is 23.6. The highest BCUT2D eigenvalue weighted by atomic mass is 32.2. The number of thioether (sulfide) groups is 1. The summed E-state index contributed by atoms with van der Waals surface area (Å²) in [5, 5.41) is 11.8. The maximum atomic E-state index is 11.6. The lowest BCUT2D eigenvalue weighted by atomic mass is 9.99. The number of hydrogen-bond acceptors (Lipinski definition) is 4. The number of carbonyl (C=O) groups is 2. The number of rotatable bonds is 7. The Labute approximate surface area is 105 Å². The molecule has 0 spiro atoms. The highest BCUT2D eigenvalue weighted by Gasteiger charge is 2.42. The number of nitrogens with one attached hydrogen (secondary N) is 1. The minimum atomic E-state index is -1.05. The zero-order valence-electron chi connectivity index (χ0n) is 10.0. The first-order valence-electron chi connectivity index (χ1n) is 5.80. The minimum absolute atomic E-state index is 0.199. The molecule has 1 aliphatic heterocycles. The standard InChI is InChI=1S/C11H19NO4S/c1-2-16-6-3-4-9(13)12-11(10(14)15)5-7-17-8-11/h2-8H2,1H3,(H,12,13)(H,14,15). The molecule has 0 aromatic carbocycles. The summed E-state index contributed by atoms with van der Waals surface area (Å²) in [4.78, 5) is 22.8. The van der Waals surface area contributed by atoms with Crippen molar-refractivity contribution in [2.75, 3.05) is 24.7 Å². The molecule has 17 heavy (non-hydrogen) atoms. The van der Waals surface area contributed by atoms with Gasteiger partial charge >= 0.3 is 5.97 Å². The van der Waals surface area contributed by atoms with E-state index in [0.717, 1.165) is 5.75 Å². The molecule has 0 aliphatic carbocycles. The topological polar surface area (TPSA) is 75.6 Å². The van der Waals surface area contributed by atoms with E-state index in [1.807, 2.05) is 6.92 Å². The summed E-state index contributed by atoms with van der Waals surface area (Å²) in [6.07, 6.45) is 1.45. The van der Waals surface area contributed by atoms with Crippen molar-refractivity contribution in [3.8, 4) is 0 Å². The molecule has 1 fully saturated rings. The van der Waals surface area contributed by atoms with Gasteiger partial charge < -0.3 is 15.2 Å². The summed E-state index contributed by atoms with van der Waals surface area (Å²) in [5.74, 6) is 0.112. The molecule has 1 amide bonds. The van der Waals surface area contributed by atoms with E-state index in [1.54, 1.807) is 11.8 Å². The van der Waals surface area contributed by atoms with Crippen molar-refractivity contribution in [3.63, 3.8) is 0 Å². The van der Waals surface area contributed by atoms with Gasteiger partial charge in [0.2, 0.25) is 5.91 Å². The lowest BCUT2D eigenvalue weighted by Gasteiger charge is -2.24. The molecule has 1 unspecified atom stereocenters. The Morgan fingerprint density at radius 2 is 2.29 bits per heavy atom. The second-order valence-electron chi connectivity index (χ2n) is 4.04. The van der Waals surface area contributed by atoms with Gasteiger partial charge in [-0.1, -0.05) is 0 Å². The average Bonchev–Trinajstić information content (AvgIpc) is 2.74. The van der Waals surface area contributed by atoms with E-state index in [4.69, 9.17) is 9.84 Å². The van der Waals surface area contributed by atoms with Crippen molar-refractivity contribution in [2.45, 2.75) is 31.7 Å². The summed E-state index contributed by atoms with van der Waals surface area (Å²) in [5.41, 5.74) is -1.05. The Balaban J connectivity index is 2.35. The van der Waals surface area contributed by atoms with Crippen LogP contribution in [0.3, 0.4) is 0 Å². The second-order valence-corrected chi connectivity index (χ2v) is 5.14. The van der Waals surface area contributed by atoms with Crippen LogP contribution in [0.25, 0.3) is 0 Å². The van der Waals surface area contributed by atoms with Gasteiger partial charge in [0.25, 0.3) is 0 Å². The highest BCUT2D eigenvalue weighted by Crippen LogP contribution is 2.28. The minimum Gasteiger partial charge on any atom is -0.479 e. The monoisotopic (exact) mass is 261 g/mol. The van der Waals surface area contributed by atoms with Crippen LogP contribution in [-0.4, -0.2) is 47.2 Å². The Morgan fingerprint density at radius 1 is 1.53 bits per heavy atom. The first kappa shape index (κ1) is 14.3. The third-order valence-corrected chi connectivity index (χ3v) is 3.90. The van der Waals surface area contributed by atoms with Crippen LogP contribution in [0.5, 0.6) is 0 Å². The van der Waals surface area contributed by atoms with E-state index in [-0.39, 0.29) is 5.91 Å². The van der Waals surface area contributed by atoms with Gasteiger partial charge in [0.05, 0.1) is 0 Å².